The Hall–Kier alpha value is 0.0900. The molecule has 0 unspecified atom stereocenters. The molecular weight excluding hydrogens is 110 g/mol. The summed E-state index contributed by atoms with van der Waals surface area (Å²) in [7, 11) is 0. The van der Waals surface area contributed by atoms with Crippen LogP contribution in [0.4, 0.5) is 0 Å². The van der Waals surface area contributed by atoms with Crippen LogP contribution >= 0.6 is 23.9 Å². The highest BCUT2D eigenvalue weighted by Crippen LogP contribution is 1.98. The van der Waals surface area contributed by atoms with Crippen LogP contribution < -0.4 is 0 Å². The van der Waals surface area contributed by atoms with Crippen LogP contribution in [0.25, 0.3) is 0 Å². The quantitative estimate of drug-likeness (QED) is 0.376. The van der Waals surface area contributed by atoms with Crippen LogP contribution in [-0.2, 0) is 3.74 Å². The van der Waals surface area contributed by atoms with E-state index < -0.39 is 0 Å². The smallest absolute Gasteiger partial charge is 0.164 e. The molecular formula is CClNOS. The van der Waals surface area contributed by atoms with Crippen LogP contribution in [0.15, 0.2) is 0 Å². The van der Waals surface area contributed by atoms with Crippen molar-refractivity contribution >= 4 is 23.9 Å². The molecule has 0 aliphatic rings. The molecule has 0 aliphatic heterocycles. The number of nitriles is 1. The van der Waals surface area contributed by atoms with Gasteiger partial charge in [-0.1, -0.05) is 0 Å². The first-order valence-corrected chi connectivity index (χ1v) is 1.80. The molecule has 4 heteroatoms. The summed E-state index contributed by atoms with van der Waals surface area (Å²) >= 11 is 5.08. The van der Waals surface area contributed by atoms with Gasteiger partial charge in [-0.05, 0) is 0 Å². The normalized spacial score (nSPS) is 6.40. The lowest BCUT2D eigenvalue weighted by Crippen LogP contribution is -1.39. The van der Waals surface area contributed by atoms with E-state index in [0.29, 0.717) is 12.0 Å². The Morgan fingerprint density at radius 1 is 2.00 bits per heavy atom. The third kappa shape index (κ3) is 4.09. The molecule has 5 heavy (non-hydrogen) atoms. The molecule has 2 nitrogen and oxygen atoms in total. The standard InChI is InChI=1S/CClNOS/c2-4-5-1-3. The van der Waals surface area contributed by atoms with Gasteiger partial charge in [0, 0.05) is 0 Å². The van der Waals surface area contributed by atoms with Gasteiger partial charge in [-0.25, -0.2) is 0 Å². The van der Waals surface area contributed by atoms with Crippen molar-refractivity contribution < 1.29 is 3.74 Å². The first kappa shape index (κ1) is 5.09. The second-order valence-corrected chi connectivity index (χ2v) is 1.09. The molecule has 0 bridgehead atoms. The molecule has 0 atom stereocenters. The topological polar surface area (TPSA) is 33.0 Å². The molecule has 0 aromatic carbocycles. The van der Waals surface area contributed by atoms with Crippen molar-refractivity contribution in [2.24, 2.45) is 0 Å². The first-order chi connectivity index (χ1) is 2.41. The Morgan fingerprint density at radius 3 is 2.60 bits per heavy atom. The Morgan fingerprint density at radius 2 is 2.60 bits per heavy atom. The molecule has 0 aliphatic carbocycles. The fraction of sp³-hybridized carbons (Fsp3) is 0. The van der Waals surface area contributed by atoms with E-state index in [2.05, 4.69) is 15.6 Å². The predicted octanol–water partition coefficient (Wildman–Crippen LogP) is 1.29. The summed E-state index contributed by atoms with van der Waals surface area (Å²) in [6, 6.07) is 0. The SMILES string of the molecule is N#CSOCl. The maximum absolute atomic E-state index is 7.57. The maximum atomic E-state index is 7.57. The van der Waals surface area contributed by atoms with Crippen molar-refractivity contribution in [3.8, 4) is 5.40 Å². The van der Waals surface area contributed by atoms with Crippen molar-refractivity contribution in [3.05, 3.63) is 0 Å². The molecule has 0 saturated heterocycles. The van der Waals surface area contributed by atoms with Crippen molar-refractivity contribution in [1.29, 1.82) is 5.26 Å². The lowest BCUT2D eigenvalue weighted by atomic mass is 11.8. The maximum Gasteiger partial charge on any atom is 0.164 e. The highest BCUT2D eigenvalue weighted by molar-refractivity contribution is 7.99. The Labute approximate surface area is 39.1 Å². The highest BCUT2D eigenvalue weighted by atomic mass is 35.5. The van der Waals surface area contributed by atoms with Crippen LogP contribution in [0, 0.1) is 10.7 Å². The van der Waals surface area contributed by atoms with Crippen LogP contribution in [0.5, 0.6) is 0 Å². The average Bonchev–Trinajstić information content (AvgIpc) is 1.41. The number of nitrogens with zero attached hydrogens (tertiary/aromatic N) is 1. The molecule has 0 aromatic heterocycles. The van der Waals surface area contributed by atoms with Crippen molar-refractivity contribution in [3.63, 3.8) is 0 Å². The fourth-order valence-electron chi connectivity index (χ4n) is 0.0141. The van der Waals surface area contributed by atoms with Crippen LogP contribution in [0.2, 0.25) is 0 Å². The lowest BCUT2D eigenvalue weighted by molar-refractivity contribution is 0.736. The molecule has 0 aromatic rings. The van der Waals surface area contributed by atoms with E-state index in [1.165, 1.54) is 0 Å². The largest absolute Gasteiger partial charge is 0.192 e. The van der Waals surface area contributed by atoms with E-state index >= 15 is 0 Å². The summed E-state index contributed by atoms with van der Waals surface area (Å²) < 4.78 is 3.72. The van der Waals surface area contributed by atoms with Crippen molar-refractivity contribution in [1.82, 2.24) is 0 Å². The van der Waals surface area contributed by atoms with E-state index in [9.17, 15) is 0 Å². The van der Waals surface area contributed by atoms with Gasteiger partial charge in [0.15, 0.2) is 5.40 Å². The predicted molar refractivity (Wildman–Crippen MR) is 20.1 cm³/mol. The van der Waals surface area contributed by atoms with Crippen LogP contribution in [0.3, 0.4) is 0 Å². The van der Waals surface area contributed by atoms with Gasteiger partial charge in [0.2, 0.25) is 0 Å². The van der Waals surface area contributed by atoms with Gasteiger partial charge >= 0.3 is 0 Å². The van der Waals surface area contributed by atoms with Crippen LogP contribution in [-0.4, -0.2) is 0 Å². The zero-order valence-corrected chi connectivity index (χ0v) is 3.71. The van der Waals surface area contributed by atoms with E-state index in [4.69, 9.17) is 5.26 Å². The summed E-state index contributed by atoms with van der Waals surface area (Å²) in [5, 5.41) is 9.15. The molecule has 0 N–H and O–H groups in total. The average molecular weight is 110 g/mol. The highest BCUT2D eigenvalue weighted by Gasteiger charge is 1.68. The molecule has 0 saturated carbocycles. The third-order valence-corrected chi connectivity index (χ3v) is 0.395. The molecule has 28 valence electrons. The van der Waals surface area contributed by atoms with Gasteiger partial charge in [-0.15, -0.1) is 0 Å². The molecule has 0 heterocycles. The number of hydrogen-bond donors (Lipinski definition) is 0. The van der Waals surface area contributed by atoms with E-state index in [0.717, 1.165) is 0 Å². The Bertz CT molecular complexity index is 50.1. The van der Waals surface area contributed by atoms with E-state index in [1.54, 1.807) is 5.40 Å². The van der Waals surface area contributed by atoms with Gasteiger partial charge in [0.1, 0.15) is 12.0 Å². The van der Waals surface area contributed by atoms with E-state index in [1.807, 2.05) is 0 Å². The molecule has 0 spiro atoms. The minimum atomic E-state index is 0.534. The lowest BCUT2D eigenvalue weighted by Gasteiger charge is -1.64. The van der Waals surface area contributed by atoms with Crippen molar-refractivity contribution in [2.75, 3.05) is 0 Å². The molecule has 0 rings (SSSR count). The summed E-state index contributed by atoms with van der Waals surface area (Å²) in [6.45, 7) is 0. The second kappa shape index (κ2) is 4.09. The van der Waals surface area contributed by atoms with Crippen molar-refractivity contribution in [2.45, 2.75) is 0 Å². The minimum Gasteiger partial charge on any atom is -0.192 e. The Kier molecular flexibility index (Phi) is 4.16. The molecule has 0 radical (unpaired) electrons. The molecule has 0 amide bonds. The zero-order chi connectivity index (χ0) is 4.12. The van der Waals surface area contributed by atoms with Crippen LogP contribution in [0.1, 0.15) is 0 Å². The number of rotatable bonds is 1. The van der Waals surface area contributed by atoms with Gasteiger partial charge in [-0.2, -0.15) is 9.00 Å². The molecule has 0 fully saturated rings. The summed E-state index contributed by atoms with van der Waals surface area (Å²) in [5.41, 5.74) is 0. The van der Waals surface area contributed by atoms with Gasteiger partial charge in [-0.3, -0.25) is 0 Å². The summed E-state index contributed by atoms with van der Waals surface area (Å²) in [5.74, 6) is 0. The third-order valence-electron chi connectivity index (χ3n) is 0.0688. The first-order valence-electron chi connectivity index (χ1n) is 0.749. The zero-order valence-electron chi connectivity index (χ0n) is 2.14. The fourth-order valence-corrected chi connectivity index (χ4v) is 0.127. The van der Waals surface area contributed by atoms with E-state index in [-0.39, 0.29) is 0 Å². The summed E-state index contributed by atoms with van der Waals surface area (Å²) in [6.07, 6.45) is 0. The number of halogens is 1. The van der Waals surface area contributed by atoms with Gasteiger partial charge < -0.3 is 0 Å². The van der Waals surface area contributed by atoms with Gasteiger partial charge in [0.25, 0.3) is 0 Å². The summed E-state index contributed by atoms with van der Waals surface area (Å²) in [4.78, 5) is 0. The number of thiocyanates is 1. The van der Waals surface area contributed by atoms with Gasteiger partial charge in [0.05, 0.1) is 11.9 Å². The monoisotopic (exact) mass is 109 g/mol. The second-order valence-electron chi connectivity index (χ2n) is 0.238. The minimum absolute atomic E-state index is 0.534. The number of hydrogen-bond acceptors (Lipinski definition) is 3. The Balaban J connectivity index is 2.48.